The van der Waals surface area contributed by atoms with Crippen molar-refractivity contribution in [2.45, 2.75) is 33.9 Å². The summed E-state index contributed by atoms with van der Waals surface area (Å²) < 4.78 is 5.84. The van der Waals surface area contributed by atoms with Gasteiger partial charge in [0.25, 0.3) is 0 Å². The molecule has 0 aliphatic carbocycles. The molecule has 0 unspecified atom stereocenters. The Bertz CT molecular complexity index is 690. The average molecular weight is 511 g/mol. The van der Waals surface area contributed by atoms with Crippen molar-refractivity contribution < 1.29 is 4.74 Å². The largest absolute Gasteiger partial charge is 0.492 e. The summed E-state index contributed by atoms with van der Waals surface area (Å²) in [5, 5.41) is 6.58. The van der Waals surface area contributed by atoms with Gasteiger partial charge in [0.2, 0.25) is 0 Å². The van der Waals surface area contributed by atoms with E-state index in [1.54, 1.807) is 6.20 Å². The van der Waals surface area contributed by atoms with Gasteiger partial charge >= 0.3 is 0 Å². The van der Waals surface area contributed by atoms with Gasteiger partial charge in [-0.1, -0.05) is 32.0 Å². The van der Waals surface area contributed by atoms with E-state index in [0.717, 1.165) is 49.1 Å². The smallest absolute Gasteiger partial charge is 0.191 e. The fourth-order valence-corrected chi connectivity index (χ4v) is 2.71. The minimum atomic E-state index is 0. The normalized spacial score (nSPS) is 11.1. The van der Waals surface area contributed by atoms with Crippen LogP contribution in [0.4, 0.5) is 0 Å². The van der Waals surface area contributed by atoms with E-state index in [4.69, 9.17) is 4.74 Å². The van der Waals surface area contributed by atoms with Gasteiger partial charge in [0.1, 0.15) is 12.4 Å². The first-order chi connectivity index (χ1) is 13.7. The predicted molar refractivity (Wildman–Crippen MR) is 131 cm³/mol. The third kappa shape index (κ3) is 9.94. The second-order valence-corrected chi connectivity index (χ2v) is 6.39. The quantitative estimate of drug-likeness (QED) is 0.274. The monoisotopic (exact) mass is 511 g/mol. The van der Waals surface area contributed by atoms with Crippen LogP contribution in [0.2, 0.25) is 0 Å². The zero-order valence-electron chi connectivity index (χ0n) is 17.7. The van der Waals surface area contributed by atoms with Crippen molar-refractivity contribution in [2.24, 2.45) is 4.99 Å². The molecule has 0 aliphatic heterocycles. The molecule has 0 amide bonds. The number of halogens is 1. The lowest BCUT2D eigenvalue weighted by molar-refractivity contribution is 0.223. The molecule has 2 N–H and O–H groups in total. The van der Waals surface area contributed by atoms with Crippen molar-refractivity contribution in [1.82, 2.24) is 20.5 Å². The van der Waals surface area contributed by atoms with E-state index in [9.17, 15) is 0 Å². The second-order valence-electron chi connectivity index (χ2n) is 6.39. The maximum absolute atomic E-state index is 5.84. The lowest BCUT2D eigenvalue weighted by atomic mass is 10.2. The Balaban J connectivity index is 0.00000420. The van der Waals surface area contributed by atoms with Crippen LogP contribution in [0.25, 0.3) is 0 Å². The zero-order chi connectivity index (χ0) is 20.0. The summed E-state index contributed by atoms with van der Waals surface area (Å²) in [6.45, 7) is 12.2. The van der Waals surface area contributed by atoms with E-state index < -0.39 is 0 Å². The molecule has 6 nitrogen and oxygen atoms in total. The van der Waals surface area contributed by atoms with Crippen molar-refractivity contribution in [1.29, 1.82) is 0 Å². The molecule has 2 aromatic rings. The van der Waals surface area contributed by atoms with Crippen LogP contribution in [0.3, 0.4) is 0 Å². The van der Waals surface area contributed by atoms with Crippen LogP contribution in [-0.4, -0.2) is 48.6 Å². The van der Waals surface area contributed by atoms with Gasteiger partial charge in [-0.15, -0.1) is 24.0 Å². The Labute approximate surface area is 192 Å². The summed E-state index contributed by atoms with van der Waals surface area (Å²) in [5.41, 5.74) is 2.13. The summed E-state index contributed by atoms with van der Waals surface area (Å²) in [6, 6.07) is 14.1. The van der Waals surface area contributed by atoms with E-state index in [2.05, 4.69) is 58.4 Å². The number of ether oxygens (including phenoxy) is 1. The predicted octanol–water partition coefficient (Wildman–Crippen LogP) is 3.68. The number of nitrogens with one attached hydrogen (secondary N) is 2. The Kier molecular flexibility index (Phi) is 13.0. The highest BCUT2D eigenvalue weighted by Crippen LogP contribution is 2.13. The molecule has 1 aromatic carbocycles. The molecular formula is C22H34IN5O. The molecule has 160 valence electrons. The molecule has 2 rings (SSSR count). The van der Waals surface area contributed by atoms with Gasteiger partial charge in [-0.05, 0) is 49.8 Å². The number of hydrogen-bond acceptors (Lipinski definition) is 4. The topological polar surface area (TPSA) is 61.8 Å². The lowest BCUT2D eigenvalue weighted by Crippen LogP contribution is -2.36. The van der Waals surface area contributed by atoms with E-state index in [1.807, 2.05) is 30.3 Å². The fraction of sp³-hybridized carbons (Fsp3) is 0.455. The number of hydrogen-bond donors (Lipinski definition) is 2. The lowest BCUT2D eigenvalue weighted by Gasteiger charge is -2.18. The van der Waals surface area contributed by atoms with Gasteiger partial charge in [-0.3, -0.25) is 4.98 Å². The number of nitrogens with zero attached hydrogens (tertiary/aromatic N) is 3. The number of aliphatic imine (C=N–C) groups is 1. The van der Waals surface area contributed by atoms with Crippen LogP contribution in [0.1, 0.15) is 32.0 Å². The van der Waals surface area contributed by atoms with Crippen LogP contribution >= 0.6 is 24.0 Å². The molecule has 0 spiro atoms. The van der Waals surface area contributed by atoms with E-state index >= 15 is 0 Å². The molecule has 0 radical (unpaired) electrons. The number of rotatable bonds is 11. The summed E-state index contributed by atoms with van der Waals surface area (Å²) in [5.74, 6) is 1.69. The van der Waals surface area contributed by atoms with Crippen molar-refractivity contribution in [3.05, 3.63) is 59.9 Å². The molecule has 1 aromatic heterocycles. The first-order valence-electron chi connectivity index (χ1n) is 10.1. The standard InChI is InChI=1S/C22H33N5O.HI/c1-4-23-22(26-18-20-9-7-8-14-24-20)25-17-19-10-12-21(13-11-19)28-16-15-27(5-2)6-3;/h7-14H,4-6,15-18H2,1-3H3,(H2,23,25,26);1H. The highest BCUT2D eigenvalue weighted by atomic mass is 127. The second kappa shape index (κ2) is 15.0. The molecule has 0 saturated heterocycles. The third-order valence-electron chi connectivity index (χ3n) is 4.42. The van der Waals surface area contributed by atoms with Crippen LogP contribution in [0.5, 0.6) is 5.75 Å². The Morgan fingerprint density at radius 2 is 1.79 bits per heavy atom. The number of likely N-dealkylation sites (N-methyl/N-ethyl adjacent to an activating group) is 1. The summed E-state index contributed by atoms with van der Waals surface area (Å²) in [6.07, 6.45) is 1.80. The van der Waals surface area contributed by atoms with Crippen LogP contribution in [-0.2, 0) is 13.1 Å². The summed E-state index contributed by atoms with van der Waals surface area (Å²) in [4.78, 5) is 11.3. The highest BCUT2D eigenvalue weighted by Gasteiger charge is 2.01. The first kappa shape index (κ1) is 25.2. The van der Waals surface area contributed by atoms with Crippen LogP contribution < -0.4 is 15.4 Å². The summed E-state index contributed by atoms with van der Waals surface area (Å²) >= 11 is 0. The third-order valence-corrected chi connectivity index (χ3v) is 4.42. The van der Waals surface area contributed by atoms with Gasteiger partial charge in [-0.25, -0.2) is 4.99 Å². The van der Waals surface area contributed by atoms with Crippen molar-refractivity contribution in [2.75, 3.05) is 32.8 Å². The molecule has 29 heavy (non-hydrogen) atoms. The molecule has 0 aliphatic rings. The van der Waals surface area contributed by atoms with Crippen molar-refractivity contribution in [3.8, 4) is 5.75 Å². The summed E-state index contributed by atoms with van der Waals surface area (Å²) in [7, 11) is 0. The van der Waals surface area contributed by atoms with Gasteiger partial charge in [0.15, 0.2) is 5.96 Å². The van der Waals surface area contributed by atoms with E-state index in [0.29, 0.717) is 19.7 Å². The number of aromatic nitrogens is 1. The van der Waals surface area contributed by atoms with Crippen molar-refractivity contribution >= 4 is 29.9 Å². The van der Waals surface area contributed by atoms with Crippen LogP contribution in [0, 0.1) is 0 Å². The van der Waals surface area contributed by atoms with Crippen molar-refractivity contribution in [3.63, 3.8) is 0 Å². The minimum Gasteiger partial charge on any atom is -0.492 e. The maximum Gasteiger partial charge on any atom is 0.191 e. The highest BCUT2D eigenvalue weighted by molar-refractivity contribution is 14.0. The molecule has 0 bridgehead atoms. The van der Waals surface area contributed by atoms with E-state index in [-0.39, 0.29) is 24.0 Å². The van der Waals surface area contributed by atoms with E-state index in [1.165, 1.54) is 0 Å². The Hall–Kier alpha value is -1.87. The zero-order valence-corrected chi connectivity index (χ0v) is 20.1. The number of pyridine rings is 1. The molecule has 0 fully saturated rings. The fourth-order valence-electron chi connectivity index (χ4n) is 2.71. The SMILES string of the molecule is CCNC(=NCc1ccc(OCCN(CC)CC)cc1)NCc1ccccn1.I. The van der Waals surface area contributed by atoms with Crippen LogP contribution in [0.15, 0.2) is 53.7 Å². The Morgan fingerprint density at radius 1 is 1.03 bits per heavy atom. The molecule has 0 atom stereocenters. The average Bonchev–Trinajstić information content (AvgIpc) is 2.75. The first-order valence-corrected chi connectivity index (χ1v) is 10.1. The Morgan fingerprint density at radius 3 is 2.41 bits per heavy atom. The van der Waals surface area contributed by atoms with Gasteiger partial charge in [-0.2, -0.15) is 0 Å². The number of guanidine groups is 1. The molecular weight excluding hydrogens is 477 g/mol. The molecule has 1 heterocycles. The molecule has 0 saturated carbocycles. The minimum absolute atomic E-state index is 0. The van der Waals surface area contributed by atoms with Gasteiger partial charge in [0.05, 0.1) is 18.8 Å². The number of benzene rings is 1. The maximum atomic E-state index is 5.84. The van der Waals surface area contributed by atoms with Gasteiger partial charge in [0, 0.05) is 19.3 Å². The molecule has 7 heteroatoms. The van der Waals surface area contributed by atoms with Gasteiger partial charge < -0.3 is 20.3 Å².